The highest BCUT2D eigenvalue weighted by Crippen LogP contribution is 2.36. The second kappa shape index (κ2) is 21.8. The number of likely N-dealkylation sites (N-methyl/N-ethyl adjacent to an activating group) is 1. The molecule has 0 bridgehead atoms. The molecule has 1 aromatic rings. The summed E-state index contributed by atoms with van der Waals surface area (Å²) in [5.41, 5.74) is 0.483. The van der Waals surface area contributed by atoms with Gasteiger partial charge in [-0.05, 0) is 67.4 Å². The van der Waals surface area contributed by atoms with Crippen LogP contribution in [-0.2, 0) is 30.5 Å². The molecule has 4 N–H and O–H groups in total. The number of carbonyl (C=O) groups is 6. The number of Topliss-reactive ketones (excluding diaryl/α,β-unsaturated/α-hetero) is 1. The molecule has 1 aromatic carbocycles. The number of likely N-dealkylation sites (tertiary alicyclic amines) is 1. The number of nitrogens with one attached hydrogen (secondary N) is 4. The van der Waals surface area contributed by atoms with Crippen LogP contribution in [0.4, 0.5) is 9.59 Å². The molecule has 1 unspecified atom stereocenters. The number of hydrogen-bond donors (Lipinski definition) is 4. The predicted molar refractivity (Wildman–Crippen MR) is 226 cm³/mol. The Balaban J connectivity index is 1.47. The second-order valence-electron chi connectivity index (χ2n) is 17.6. The largest absolute Gasteiger partial charge is 0.444 e. The van der Waals surface area contributed by atoms with Gasteiger partial charge in [0, 0.05) is 44.9 Å². The third-order valence-corrected chi connectivity index (χ3v) is 12.4. The zero-order chi connectivity index (χ0) is 42.6. The van der Waals surface area contributed by atoms with Gasteiger partial charge in [-0.2, -0.15) is 0 Å². The van der Waals surface area contributed by atoms with Crippen LogP contribution in [0.25, 0.3) is 0 Å². The van der Waals surface area contributed by atoms with Crippen LogP contribution in [0.5, 0.6) is 0 Å². The van der Waals surface area contributed by atoms with Gasteiger partial charge in [-0.1, -0.05) is 103 Å². The average molecular weight is 826 g/mol. The molecule has 0 spiro atoms. The third kappa shape index (κ3) is 13.7. The van der Waals surface area contributed by atoms with E-state index in [2.05, 4.69) is 27.8 Å². The van der Waals surface area contributed by atoms with E-state index in [1.807, 2.05) is 76.3 Å². The van der Waals surface area contributed by atoms with Crippen LogP contribution < -0.4 is 21.3 Å². The summed E-state index contributed by atoms with van der Waals surface area (Å²) in [6, 6.07) is 5.84. The number of nitrogens with zero attached hydrogens (tertiary/aromatic N) is 3. The number of benzene rings is 1. The number of rotatable bonds is 19. The molecule has 14 nitrogen and oxygen atoms in total. The van der Waals surface area contributed by atoms with E-state index in [4.69, 9.17) is 4.74 Å². The molecule has 0 aromatic heterocycles. The fourth-order valence-corrected chi connectivity index (χ4v) is 8.68. The Morgan fingerprint density at radius 2 is 1.62 bits per heavy atom. The van der Waals surface area contributed by atoms with E-state index in [0.717, 1.165) is 50.5 Å². The number of ketones is 1. The van der Waals surface area contributed by atoms with Crippen LogP contribution in [-0.4, -0.2) is 107 Å². The van der Waals surface area contributed by atoms with E-state index >= 15 is 0 Å². The zero-order valence-electron chi connectivity index (χ0n) is 35.6. The Labute approximate surface area is 349 Å². The monoisotopic (exact) mass is 825 g/mol. The molecule has 1 aliphatic heterocycles. The minimum Gasteiger partial charge on any atom is -0.444 e. The highest BCUT2D eigenvalue weighted by Gasteiger charge is 2.47. The molecular formula is C43H67N7O7S. The van der Waals surface area contributed by atoms with Gasteiger partial charge in [-0.3, -0.25) is 19.2 Å². The summed E-state index contributed by atoms with van der Waals surface area (Å²) in [6.07, 6.45) is 8.25. The van der Waals surface area contributed by atoms with Gasteiger partial charge in [0.15, 0.2) is 0 Å². The molecule has 1 heterocycles. The van der Waals surface area contributed by atoms with Crippen LogP contribution in [0.1, 0.15) is 98.0 Å². The van der Waals surface area contributed by atoms with E-state index in [9.17, 15) is 28.8 Å². The predicted octanol–water partition coefficient (Wildman–Crippen LogP) is 5.44. The van der Waals surface area contributed by atoms with Gasteiger partial charge in [0.25, 0.3) is 5.91 Å². The molecule has 6 amide bonds. The summed E-state index contributed by atoms with van der Waals surface area (Å²) in [4.78, 5) is 83.4. The standard InChI is InChI=1S/C43H67N7O7S/c1-9-23-44-39(53)37(51)33(25-29-20-21-29)45-38(52)36-32(28(2)3)22-24-50(36)40(54)35(31-18-14-11-15-19-31)47-41(55)46-34(43(4,5)6)26-48(7)58-49(8)42(56)57-27-30-16-12-10-13-17-30/h9-10,12-13,16-17,28-29,31-36H,1,11,14-15,18-27H2,2-8H3,(H,44,53)(H,45,52)(H2,46,47,55)/t32-,33?,34-,35+,36+/m1/s1. The maximum absolute atomic E-state index is 14.8. The fraction of sp³-hybridized carbons (Fsp3) is 0.674. The summed E-state index contributed by atoms with van der Waals surface area (Å²) in [5.74, 6) is -2.23. The SMILES string of the molecule is C=CCNC(=O)C(=O)C(CC1CC1)NC(=O)[C@@H]1[C@@H](C(C)C)CCN1C(=O)[C@@H](NC(=O)N[C@H](CN(C)SN(C)C(=O)OCc1ccccc1)C(C)(C)C)C1CCCCC1. The van der Waals surface area contributed by atoms with Crippen molar-refractivity contribution in [3.63, 3.8) is 0 Å². The Morgan fingerprint density at radius 3 is 2.22 bits per heavy atom. The van der Waals surface area contributed by atoms with Gasteiger partial charge in [-0.25, -0.2) is 18.2 Å². The Kier molecular flexibility index (Phi) is 17.5. The van der Waals surface area contributed by atoms with E-state index in [1.54, 1.807) is 11.9 Å². The highest BCUT2D eigenvalue weighted by atomic mass is 32.2. The molecule has 3 aliphatic rings. The molecule has 3 fully saturated rings. The summed E-state index contributed by atoms with van der Waals surface area (Å²) in [6.45, 7) is 14.7. The van der Waals surface area contributed by atoms with Crippen molar-refractivity contribution in [3.8, 4) is 0 Å². The first-order valence-corrected chi connectivity index (χ1v) is 21.7. The molecule has 322 valence electrons. The molecule has 15 heteroatoms. The van der Waals surface area contributed by atoms with Crippen LogP contribution >= 0.6 is 12.1 Å². The fourth-order valence-electron chi connectivity index (χ4n) is 7.93. The summed E-state index contributed by atoms with van der Waals surface area (Å²) in [5, 5.41) is 11.6. The van der Waals surface area contributed by atoms with Gasteiger partial charge in [0.1, 0.15) is 18.7 Å². The number of hydrogen-bond acceptors (Lipinski definition) is 9. The number of urea groups is 1. The van der Waals surface area contributed by atoms with Crippen LogP contribution in [0, 0.1) is 29.1 Å². The lowest BCUT2D eigenvalue weighted by atomic mass is 9.82. The Morgan fingerprint density at radius 1 is 0.948 bits per heavy atom. The Hall–Kier alpha value is -4.11. The van der Waals surface area contributed by atoms with Crippen molar-refractivity contribution >= 4 is 47.8 Å². The minimum atomic E-state index is -1.00. The van der Waals surface area contributed by atoms with Crippen LogP contribution in [0.3, 0.4) is 0 Å². The molecule has 58 heavy (non-hydrogen) atoms. The van der Waals surface area contributed by atoms with E-state index in [0.29, 0.717) is 25.9 Å². The maximum atomic E-state index is 14.8. The van der Waals surface area contributed by atoms with Crippen LogP contribution in [0.2, 0.25) is 0 Å². The number of carbonyl (C=O) groups excluding carboxylic acids is 6. The molecule has 4 rings (SSSR count). The third-order valence-electron chi connectivity index (χ3n) is 11.6. The maximum Gasteiger partial charge on any atom is 0.420 e. The summed E-state index contributed by atoms with van der Waals surface area (Å²) >= 11 is 1.17. The molecule has 5 atom stereocenters. The first-order valence-electron chi connectivity index (χ1n) is 20.9. The quantitative estimate of drug-likeness (QED) is 0.0807. The van der Waals surface area contributed by atoms with Crippen LogP contribution in [0.15, 0.2) is 43.0 Å². The van der Waals surface area contributed by atoms with Gasteiger partial charge in [0.05, 0.1) is 6.04 Å². The smallest absolute Gasteiger partial charge is 0.420 e. The van der Waals surface area contributed by atoms with Crippen molar-refractivity contribution in [3.05, 3.63) is 48.6 Å². The first kappa shape index (κ1) is 46.6. The van der Waals surface area contributed by atoms with Crippen molar-refractivity contribution in [2.75, 3.05) is 33.7 Å². The molecule has 2 saturated carbocycles. The van der Waals surface area contributed by atoms with Gasteiger partial charge < -0.3 is 30.9 Å². The lowest BCUT2D eigenvalue weighted by molar-refractivity contribution is -0.144. The van der Waals surface area contributed by atoms with Crippen molar-refractivity contribution in [2.24, 2.45) is 29.1 Å². The summed E-state index contributed by atoms with van der Waals surface area (Å²) < 4.78 is 8.72. The van der Waals surface area contributed by atoms with Gasteiger partial charge >= 0.3 is 12.1 Å². The molecular weight excluding hydrogens is 759 g/mol. The molecule has 0 radical (unpaired) electrons. The van der Waals surface area contributed by atoms with E-state index in [-0.39, 0.29) is 48.8 Å². The molecule has 2 aliphatic carbocycles. The van der Waals surface area contributed by atoms with Crippen molar-refractivity contribution in [1.82, 2.24) is 34.8 Å². The van der Waals surface area contributed by atoms with E-state index < -0.39 is 53.3 Å². The van der Waals surface area contributed by atoms with Crippen molar-refractivity contribution in [2.45, 2.75) is 123 Å². The van der Waals surface area contributed by atoms with Gasteiger partial charge in [-0.15, -0.1) is 6.58 Å². The number of ether oxygens (including phenoxy) is 1. The lowest BCUT2D eigenvalue weighted by Crippen LogP contribution is -2.61. The van der Waals surface area contributed by atoms with Gasteiger partial charge in [0.2, 0.25) is 17.6 Å². The first-order chi connectivity index (χ1) is 27.5. The highest BCUT2D eigenvalue weighted by molar-refractivity contribution is 7.95. The number of amides is 6. The van der Waals surface area contributed by atoms with Crippen molar-refractivity contribution in [1.29, 1.82) is 0 Å². The topological polar surface area (TPSA) is 169 Å². The Bertz CT molecular complexity index is 1580. The lowest BCUT2D eigenvalue weighted by Gasteiger charge is -2.38. The zero-order valence-corrected chi connectivity index (χ0v) is 36.4. The minimum absolute atomic E-state index is 0.0542. The van der Waals surface area contributed by atoms with Crippen molar-refractivity contribution < 1.29 is 33.5 Å². The second-order valence-corrected chi connectivity index (χ2v) is 19.0. The molecule has 1 saturated heterocycles. The normalized spacial score (nSPS) is 20.1. The van der Waals surface area contributed by atoms with E-state index in [1.165, 1.54) is 22.5 Å². The summed E-state index contributed by atoms with van der Waals surface area (Å²) in [7, 11) is 3.46. The average Bonchev–Trinajstić information content (AvgIpc) is 3.90.